The van der Waals surface area contributed by atoms with E-state index in [2.05, 4.69) is 29.5 Å². The van der Waals surface area contributed by atoms with Crippen LogP contribution in [0.4, 0.5) is 0 Å². The molecule has 3 aliphatic rings. The number of fused-ring (bicyclic) bond motifs is 1. The fourth-order valence-corrected chi connectivity index (χ4v) is 6.85. The molecule has 0 bridgehead atoms. The van der Waals surface area contributed by atoms with Gasteiger partial charge in [0, 0.05) is 36.0 Å². The van der Waals surface area contributed by atoms with Crippen molar-refractivity contribution in [1.29, 1.82) is 0 Å². The topological polar surface area (TPSA) is 91.3 Å². The maximum atomic E-state index is 12.9. The van der Waals surface area contributed by atoms with Crippen molar-refractivity contribution >= 4 is 11.8 Å². The number of hydrogen-bond acceptors (Lipinski definition) is 4. The molecule has 0 saturated heterocycles. The normalized spacial score (nSPS) is 36.2. The standard InChI is InChI=1S/C26H39N3O3/c1-16(24(31)28-19-6-4-5-7-19)20-8-12-26(3)13-9-21(17(2)22(26)23(20)30)29-25(32)18-10-14-27-15-11-18/h10-11,14-17,19-23,30H,4-9,12-13H2,1-3H3,(H,28,31)(H,29,32)/t16-,17-,20+,21-,22+,23-,26+/m0/s1. The molecule has 0 radical (unpaired) electrons. The number of pyridine rings is 1. The van der Waals surface area contributed by atoms with Gasteiger partial charge in [0.05, 0.1) is 6.10 Å². The number of amides is 2. The van der Waals surface area contributed by atoms with Crippen LogP contribution in [-0.2, 0) is 4.79 Å². The molecule has 1 aromatic heterocycles. The fourth-order valence-electron chi connectivity index (χ4n) is 6.85. The van der Waals surface area contributed by atoms with Crippen molar-refractivity contribution in [3.05, 3.63) is 30.1 Å². The molecule has 3 N–H and O–H groups in total. The summed E-state index contributed by atoms with van der Waals surface area (Å²) < 4.78 is 0. The van der Waals surface area contributed by atoms with Gasteiger partial charge in [-0.3, -0.25) is 14.6 Å². The highest BCUT2D eigenvalue weighted by atomic mass is 16.3. The van der Waals surface area contributed by atoms with Gasteiger partial charge < -0.3 is 15.7 Å². The molecule has 7 atom stereocenters. The summed E-state index contributed by atoms with van der Waals surface area (Å²) in [6.45, 7) is 6.43. The summed E-state index contributed by atoms with van der Waals surface area (Å²) in [6, 6.07) is 3.77. The van der Waals surface area contributed by atoms with Crippen molar-refractivity contribution in [1.82, 2.24) is 15.6 Å². The number of nitrogens with one attached hydrogen (secondary N) is 2. The van der Waals surface area contributed by atoms with Crippen LogP contribution in [0, 0.1) is 29.1 Å². The second-order valence-corrected chi connectivity index (χ2v) is 10.9. The van der Waals surface area contributed by atoms with Crippen LogP contribution in [0.2, 0.25) is 0 Å². The molecule has 32 heavy (non-hydrogen) atoms. The zero-order valence-corrected chi connectivity index (χ0v) is 19.7. The Bertz CT molecular complexity index is 810. The summed E-state index contributed by atoms with van der Waals surface area (Å²) in [5.41, 5.74) is 0.661. The van der Waals surface area contributed by atoms with Crippen LogP contribution in [0.3, 0.4) is 0 Å². The Balaban J connectivity index is 1.44. The van der Waals surface area contributed by atoms with Crippen LogP contribution in [-0.4, -0.2) is 40.1 Å². The Kier molecular flexibility index (Phi) is 6.89. The minimum Gasteiger partial charge on any atom is -0.392 e. The Labute approximate surface area is 192 Å². The summed E-state index contributed by atoms with van der Waals surface area (Å²) >= 11 is 0. The number of carbonyl (C=O) groups is 2. The molecule has 0 aromatic carbocycles. The van der Waals surface area contributed by atoms with Gasteiger partial charge in [-0.05, 0) is 73.8 Å². The molecule has 0 unspecified atom stereocenters. The highest BCUT2D eigenvalue weighted by Gasteiger charge is 2.54. The molecular formula is C26H39N3O3. The number of nitrogens with zero attached hydrogens (tertiary/aromatic N) is 1. The summed E-state index contributed by atoms with van der Waals surface area (Å²) in [4.78, 5) is 29.7. The molecule has 6 heteroatoms. The number of rotatable bonds is 5. The summed E-state index contributed by atoms with van der Waals surface area (Å²) in [5, 5.41) is 18.0. The van der Waals surface area contributed by atoms with Gasteiger partial charge in [-0.25, -0.2) is 0 Å². The Morgan fingerprint density at radius 3 is 2.44 bits per heavy atom. The van der Waals surface area contributed by atoms with E-state index < -0.39 is 6.10 Å². The lowest BCUT2D eigenvalue weighted by Crippen LogP contribution is -2.58. The van der Waals surface area contributed by atoms with Crippen LogP contribution >= 0.6 is 0 Å². The van der Waals surface area contributed by atoms with Crippen molar-refractivity contribution in [2.24, 2.45) is 29.1 Å². The molecule has 176 valence electrons. The highest BCUT2D eigenvalue weighted by molar-refractivity contribution is 5.94. The average molecular weight is 442 g/mol. The minimum absolute atomic E-state index is 0.0183. The van der Waals surface area contributed by atoms with E-state index in [0.717, 1.165) is 38.5 Å². The van der Waals surface area contributed by atoms with Crippen molar-refractivity contribution in [3.63, 3.8) is 0 Å². The van der Waals surface area contributed by atoms with Crippen LogP contribution < -0.4 is 10.6 Å². The van der Waals surface area contributed by atoms with Crippen LogP contribution in [0.1, 0.15) is 82.5 Å². The number of carbonyl (C=O) groups excluding carboxylic acids is 2. The minimum atomic E-state index is -0.534. The first kappa shape index (κ1) is 23.2. The highest BCUT2D eigenvalue weighted by Crippen LogP contribution is 2.55. The van der Waals surface area contributed by atoms with Gasteiger partial charge >= 0.3 is 0 Å². The lowest BCUT2D eigenvalue weighted by atomic mass is 9.51. The molecule has 1 heterocycles. The molecule has 3 aliphatic carbocycles. The molecule has 2 amide bonds. The molecule has 0 aliphatic heterocycles. The second kappa shape index (κ2) is 9.50. The van der Waals surface area contributed by atoms with E-state index >= 15 is 0 Å². The van der Waals surface area contributed by atoms with Gasteiger partial charge in [-0.1, -0.05) is 33.6 Å². The van der Waals surface area contributed by atoms with E-state index in [4.69, 9.17) is 0 Å². The van der Waals surface area contributed by atoms with Gasteiger partial charge in [0.25, 0.3) is 5.91 Å². The maximum Gasteiger partial charge on any atom is 0.251 e. The van der Waals surface area contributed by atoms with Crippen LogP contribution in [0.5, 0.6) is 0 Å². The molecule has 6 nitrogen and oxygen atoms in total. The predicted octanol–water partition coefficient (Wildman–Crippen LogP) is 3.70. The van der Waals surface area contributed by atoms with E-state index in [1.54, 1.807) is 24.5 Å². The lowest BCUT2D eigenvalue weighted by molar-refractivity contribution is -0.142. The van der Waals surface area contributed by atoms with E-state index in [1.165, 1.54) is 12.8 Å². The quantitative estimate of drug-likeness (QED) is 0.650. The Morgan fingerprint density at radius 2 is 1.75 bits per heavy atom. The Morgan fingerprint density at radius 1 is 1.09 bits per heavy atom. The summed E-state index contributed by atoms with van der Waals surface area (Å²) in [5.74, 6) is -0.0165. The number of aliphatic hydroxyl groups is 1. The van der Waals surface area contributed by atoms with E-state index in [-0.39, 0.29) is 46.9 Å². The third kappa shape index (κ3) is 4.57. The largest absolute Gasteiger partial charge is 0.392 e. The SMILES string of the molecule is C[C@@H]1[C@@H]2[C@@H](O)[C@@H]([C@H](C)C(=O)NC3CCCC3)CC[C@]2(C)CC[C@@H]1NC(=O)c1ccncc1. The van der Waals surface area contributed by atoms with E-state index in [9.17, 15) is 14.7 Å². The monoisotopic (exact) mass is 441 g/mol. The smallest absolute Gasteiger partial charge is 0.251 e. The predicted molar refractivity (Wildman–Crippen MR) is 124 cm³/mol. The van der Waals surface area contributed by atoms with E-state index in [1.807, 2.05) is 6.92 Å². The van der Waals surface area contributed by atoms with Crippen LogP contribution in [0.15, 0.2) is 24.5 Å². The average Bonchev–Trinajstić information content (AvgIpc) is 3.29. The third-order valence-electron chi connectivity index (χ3n) is 8.90. The molecular weight excluding hydrogens is 402 g/mol. The zero-order valence-electron chi connectivity index (χ0n) is 19.7. The third-order valence-corrected chi connectivity index (χ3v) is 8.90. The van der Waals surface area contributed by atoms with Crippen molar-refractivity contribution in [2.75, 3.05) is 0 Å². The van der Waals surface area contributed by atoms with Gasteiger partial charge in [-0.15, -0.1) is 0 Å². The molecule has 0 spiro atoms. The summed E-state index contributed by atoms with van der Waals surface area (Å²) in [6.07, 6.45) is 11.1. The number of aromatic nitrogens is 1. The van der Waals surface area contributed by atoms with Gasteiger partial charge in [0.2, 0.25) is 5.91 Å². The number of aliphatic hydroxyl groups excluding tert-OH is 1. The van der Waals surface area contributed by atoms with Crippen LogP contribution in [0.25, 0.3) is 0 Å². The van der Waals surface area contributed by atoms with Crippen molar-refractivity contribution in [3.8, 4) is 0 Å². The molecule has 1 aromatic rings. The first-order valence-corrected chi connectivity index (χ1v) is 12.5. The first-order chi connectivity index (χ1) is 15.3. The van der Waals surface area contributed by atoms with Gasteiger partial charge in [-0.2, -0.15) is 0 Å². The Hall–Kier alpha value is -1.95. The second-order valence-electron chi connectivity index (χ2n) is 10.9. The van der Waals surface area contributed by atoms with Gasteiger partial charge in [0.15, 0.2) is 0 Å². The fraction of sp³-hybridized carbons (Fsp3) is 0.731. The van der Waals surface area contributed by atoms with E-state index in [0.29, 0.717) is 11.6 Å². The zero-order chi connectivity index (χ0) is 22.9. The molecule has 3 fully saturated rings. The lowest BCUT2D eigenvalue weighted by Gasteiger charge is -2.56. The number of hydrogen-bond donors (Lipinski definition) is 3. The molecule has 4 rings (SSSR count). The van der Waals surface area contributed by atoms with Crippen molar-refractivity contribution in [2.45, 2.75) is 90.3 Å². The maximum absolute atomic E-state index is 12.9. The molecule has 3 saturated carbocycles. The van der Waals surface area contributed by atoms with Gasteiger partial charge in [0.1, 0.15) is 0 Å². The van der Waals surface area contributed by atoms with Crippen molar-refractivity contribution < 1.29 is 14.7 Å². The first-order valence-electron chi connectivity index (χ1n) is 12.5. The summed E-state index contributed by atoms with van der Waals surface area (Å²) in [7, 11) is 0.